The van der Waals surface area contributed by atoms with Crippen molar-refractivity contribution in [2.75, 3.05) is 18.4 Å². The summed E-state index contributed by atoms with van der Waals surface area (Å²) in [6.07, 6.45) is 13.0. The minimum absolute atomic E-state index is 0.183. The first-order valence-corrected chi connectivity index (χ1v) is 11.6. The number of carbonyl (C=O) groups is 1. The molecule has 4 rings (SSSR count). The SMILES string of the molecule is O=C(NCC1=C/C=C\CC\C=C\1)c1ccc(-c2ccccc2)nc1NCCc1ccccc1O. The predicted molar refractivity (Wildman–Crippen MR) is 138 cm³/mol. The number of carbonyl (C=O) groups excluding carboxylic acids is 1. The van der Waals surface area contributed by atoms with Crippen LogP contribution in [0.5, 0.6) is 5.75 Å². The normalized spacial score (nSPS) is 16.4. The molecular weight excluding hydrogens is 422 g/mol. The molecule has 0 unspecified atom stereocenters. The van der Waals surface area contributed by atoms with Crippen LogP contribution in [0.15, 0.2) is 103 Å². The molecule has 3 N–H and O–H groups in total. The lowest BCUT2D eigenvalue weighted by molar-refractivity contribution is 0.0958. The van der Waals surface area contributed by atoms with Crippen LogP contribution in [0.2, 0.25) is 0 Å². The van der Waals surface area contributed by atoms with E-state index in [0.29, 0.717) is 30.9 Å². The summed E-state index contributed by atoms with van der Waals surface area (Å²) in [5.74, 6) is 0.608. The lowest BCUT2D eigenvalue weighted by atomic mass is 10.1. The summed E-state index contributed by atoms with van der Waals surface area (Å²) < 4.78 is 0. The maximum Gasteiger partial charge on any atom is 0.255 e. The van der Waals surface area contributed by atoms with Crippen molar-refractivity contribution in [2.45, 2.75) is 19.3 Å². The van der Waals surface area contributed by atoms with Crippen LogP contribution in [0.3, 0.4) is 0 Å². The molecule has 1 aliphatic carbocycles. The lowest BCUT2D eigenvalue weighted by Gasteiger charge is -2.14. The average molecular weight is 452 g/mol. The van der Waals surface area contributed by atoms with Crippen LogP contribution >= 0.6 is 0 Å². The van der Waals surface area contributed by atoms with Crippen molar-refractivity contribution >= 4 is 11.7 Å². The Labute approximate surface area is 200 Å². The second kappa shape index (κ2) is 11.7. The van der Waals surface area contributed by atoms with Gasteiger partial charge in [-0.3, -0.25) is 4.79 Å². The Hall–Kier alpha value is -4.12. The molecule has 1 aromatic heterocycles. The zero-order valence-corrected chi connectivity index (χ0v) is 19.1. The van der Waals surface area contributed by atoms with E-state index in [1.807, 2.05) is 66.7 Å². The average Bonchev–Trinajstić information content (AvgIpc) is 2.85. The highest BCUT2D eigenvalue weighted by Crippen LogP contribution is 2.23. The van der Waals surface area contributed by atoms with Crippen molar-refractivity contribution in [3.63, 3.8) is 0 Å². The minimum Gasteiger partial charge on any atom is -0.508 e. The van der Waals surface area contributed by atoms with E-state index in [-0.39, 0.29) is 11.7 Å². The van der Waals surface area contributed by atoms with Crippen LogP contribution in [-0.2, 0) is 6.42 Å². The monoisotopic (exact) mass is 451 g/mol. The Morgan fingerprint density at radius 1 is 0.941 bits per heavy atom. The van der Waals surface area contributed by atoms with Gasteiger partial charge in [-0.2, -0.15) is 0 Å². The van der Waals surface area contributed by atoms with Crippen LogP contribution < -0.4 is 10.6 Å². The van der Waals surface area contributed by atoms with Gasteiger partial charge in [-0.25, -0.2) is 4.98 Å². The number of benzene rings is 2. The predicted octanol–water partition coefficient (Wildman–Crippen LogP) is 5.67. The first-order valence-electron chi connectivity index (χ1n) is 11.6. The number of hydrogen-bond donors (Lipinski definition) is 3. The standard InChI is InChI=1S/C29H29N3O2/c33-27-16-10-9-15-24(27)19-20-30-28-25(17-18-26(32-28)23-13-7-4-8-14-23)29(34)31-21-22-11-5-2-1-3-6-12-22/h2,4-18,33H,1,3,19-21H2,(H,30,32)(H,31,34)/b5-2-,12-6+,22-11+. The number of nitrogens with one attached hydrogen (secondary N) is 2. The summed E-state index contributed by atoms with van der Waals surface area (Å²) in [5.41, 5.74) is 4.15. The smallest absolute Gasteiger partial charge is 0.255 e. The largest absolute Gasteiger partial charge is 0.508 e. The third-order valence-electron chi connectivity index (χ3n) is 5.62. The molecule has 0 radical (unpaired) electrons. The molecule has 1 amide bonds. The number of nitrogens with zero attached hydrogens (tertiary/aromatic N) is 1. The maximum atomic E-state index is 13.1. The Kier molecular flexibility index (Phi) is 7.90. The molecule has 0 spiro atoms. The molecule has 5 nitrogen and oxygen atoms in total. The van der Waals surface area contributed by atoms with Gasteiger partial charge in [-0.15, -0.1) is 0 Å². The van der Waals surface area contributed by atoms with Gasteiger partial charge in [-0.05, 0) is 48.6 Å². The van der Waals surface area contributed by atoms with Crippen molar-refractivity contribution in [1.82, 2.24) is 10.3 Å². The summed E-state index contributed by atoms with van der Waals surface area (Å²) >= 11 is 0. The van der Waals surface area contributed by atoms with E-state index in [9.17, 15) is 9.90 Å². The number of para-hydroxylation sites is 1. The maximum absolute atomic E-state index is 13.1. The fourth-order valence-electron chi connectivity index (χ4n) is 3.75. The van der Waals surface area contributed by atoms with E-state index in [1.54, 1.807) is 12.1 Å². The van der Waals surface area contributed by atoms with E-state index in [2.05, 4.69) is 28.9 Å². The molecule has 0 saturated heterocycles. The highest BCUT2D eigenvalue weighted by atomic mass is 16.3. The second-order valence-corrected chi connectivity index (χ2v) is 8.10. The number of phenols is 1. The number of hydrogen-bond acceptors (Lipinski definition) is 4. The lowest BCUT2D eigenvalue weighted by Crippen LogP contribution is -2.27. The number of amides is 1. The Bertz CT molecular complexity index is 1210. The Morgan fingerprint density at radius 3 is 2.59 bits per heavy atom. The van der Waals surface area contributed by atoms with Crippen molar-refractivity contribution in [1.29, 1.82) is 0 Å². The fraction of sp³-hybridized carbons (Fsp3) is 0.172. The van der Waals surface area contributed by atoms with Crippen LogP contribution in [0.1, 0.15) is 28.8 Å². The van der Waals surface area contributed by atoms with Gasteiger partial charge in [0.25, 0.3) is 5.91 Å². The summed E-state index contributed by atoms with van der Waals surface area (Å²) in [6.45, 7) is 0.971. The van der Waals surface area contributed by atoms with E-state index in [1.165, 1.54) is 0 Å². The molecular formula is C29H29N3O2. The van der Waals surface area contributed by atoms with E-state index < -0.39 is 0 Å². The fourth-order valence-corrected chi connectivity index (χ4v) is 3.75. The Morgan fingerprint density at radius 2 is 1.74 bits per heavy atom. The molecule has 1 aliphatic rings. The number of anilines is 1. The first-order chi connectivity index (χ1) is 16.7. The molecule has 0 fully saturated rings. The highest BCUT2D eigenvalue weighted by Gasteiger charge is 2.15. The van der Waals surface area contributed by atoms with Gasteiger partial charge in [0, 0.05) is 18.7 Å². The molecule has 0 aliphatic heterocycles. The van der Waals surface area contributed by atoms with Crippen molar-refractivity contribution in [3.05, 3.63) is 114 Å². The van der Waals surface area contributed by atoms with E-state index >= 15 is 0 Å². The minimum atomic E-state index is -0.183. The molecule has 0 atom stereocenters. The summed E-state index contributed by atoms with van der Waals surface area (Å²) in [7, 11) is 0. The second-order valence-electron chi connectivity index (χ2n) is 8.10. The summed E-state index contributed by atoms with van der Waals surface area (Å²) in [4.78, 5) is 17.9. The number of aromatic hydroxyl groups is 1. The number of phenolic OH excluding ortho intramolecular Hbond substituents is 1. The van der Waals surface area contributed by atoms with Crippen molar-refractivity contribution < 1.29 is 9.90 Å². The number of allylic oxidation sites excluding steroid dienone is 4. The van der Waals surface area contributed by atoms with Gasteiger partial charge in [0.05, 0.1) is 11.3 Å². The summed E-state index contributed by atoms with van der Waals surface area (Å²) in [6, 6.07) is 20.8. The molecule has 2 aromatic carbocycles. The van der Waals surface area contributed by atoms with Crippen LogP contribution in [0.4, 0.5) is 5.82 Å². The Balaban J connectivity index is 1.52. The number of aromatic nitrogens is 1. The van der Waals surface area contributed by atoms with Gasteiger partial charge < -0.3 is 15.7 Å². The number of pyridine rings is 1. The zero-order chi connectivity index (χ0) is 23.6. The molecule has 3 aromatic rings. The van der Waals surface area contributed by atoms with Gasteiger partial charge in [-0.1, -0.05) is 78.9 Å². The van der Waals surface area contributed by atoms with E-state index in [4.69, 9.17) is 4.98 Å². The van der Waals surface area contributed by atoms with Crippen molar-refractivity contribution in [3.8, 4) is 17.0 Å². The van der Waals surface area contributed by atoms with E-state index in [0.717, 1.165) is 35.2 Å². The number of rotatable bonds is 8. The van der Waals surface area contributed by atoms with Crippen LogP contribution in [0, 0.1) is 0 Å². The molecule has 0 bridgehead atoms. The van der Waals surface area contributed by atoms with Crippen molar-refractivity contribution in [2.24, 2.45) is 0 Å². The summed E-state index contributed by atoms with van der Waals surface area (Å²) in [5, 5.41) is 16.4. The third kappa shape index (κ3) is 6.23. The quantitative estimate of drug-likeness (QED) is 0.412. The van der Waals surface area contributed by atoms with Gasteiger partial charge in [0.15, 0.2) is 0 Å². The molecule has 1 heterocycles. The molecule has 172 valence electrons. The zero-order valence-electron chi connectivity index (χ0n) is 19.1. The third-order valence-corrected chi connectivity index (χ3v) is 5.62. The molecule has 5 heteroatoms. The topological polar surface area (TPSA) is 74.2 Å². The molecule has 34 heavy (non-hydrogen) atoms. The first kappa shape index (κ1) is 23.1. The van der Waals surface area contributed by atoms with Gasteiger partial charge >= 0.3 is 0 Å². The van der Waals surface area contributed by atoms with Gasteiger partial charge in [0.1, 0.15) is 11.6 Å². The highest BCUT2D eigenvalue weighted by molar-refractivity contribution is 5.99. The van der Waals surface area contributed by atoms with Gasteiger partial charge in [0.2, 0.25) is 0 Å². The van der Waals surface area contributed by atoms with Crippen LogP contribution in [-0.4, -0.2) is 29.1 Å². The van der Waals surface area contributed by atoms with Crippen LogP contribution in [0.25, 0.3) is 11.3 Å². The molecule has 0 saturated carbocycles.